The Morgan fingerprint density at radius 3 is 3.00 bits per heavy atom. The number of carbonyl (C=O) groups is 1. The zero-order chi connectivity index (χ0) is 6.69. The van der Waals surface area contributed by atoms with E-state index < -0.39 is 0 Å². The van der Waals surface area contributed by atoms with Crippen LogP contribution in [0.15, 0.2) is 16.8 Å². The fourth-order valence-corrected chi connectivity index (χ4v) is 1.55. The second-order valence-corrected chi connectivity index (χ2v) is 3.33. The minimum atomic E-state index is 0.0425. The normalized spacial score (nSPS) is 9.44. The fraction of sp³-hybridized carbons (Fsp3) is 0.167. The molecule has 9 heavy (non-hydrogen) atoms. The SMILES string of the molecule is O=C(Br)Cc1ccsc1. The van der Waals surface area contributed by atoms with Gasteiger partial charge in [-0.1, -0.05) is 0 Å². The van der Waals surface area contributed by atoms with E-state index in [1.54, 1.807) is 11.3 Å². The van der Waals surface area contributed by atoms with Crippen molar-refractivity contribution in [2.24, 2.45) is 0 Å². The Bertz CT molecular complexity index is 193. The lowest BCUT2D eigenvalue weighted by atomic mass is 10.3. The van der Waals surface area contributed by atoms with E-state index in [4.69, 9.17) is 0 Å². The summed E-state index contributed by atoms with van der Waals surface area (Å²) in [6.45, 7) is 0. The minimum absolute atomic E-state index is 0.0425. The van der Waals surface area contributed by atoms with Crippen molar-refractivity contribution in [1.29, 1.82) is 0 Å². The molecule has 0 fully saturated rings. The van der Waals surface area contributed by atoms with Crippen molar-refractivity contribution in [2.45, 2.75) is 6.42 Å². The second-order valence-electron chi connectivity index (χ2n) is 1.66. The lowest BCUT2D eigenvalue weighted by molar-refractivity contribution is -0.109. The predicted octanol–water partition coefficient (Wildman–Crippen LogP) is 2.21. The number of hydrogen-bond acceptors (Lipinski definition) is 2. The summed E-state index contributed by atoms with van der Waals surface area (Å²) >= 11 is 4.47. The first-order valence-corrected chi connectivity index (χ1v) is 4.22. The molecule has 0 radical (unpaired) electrons. The average molecular weight is 205 g/mol. The van der Waals surface area contributed by atoms with E-state index in [1.807, 2.05) is 16.8 Å². The summed E-state index contributed by atoms with van der Waals surface area (Å²) in [4.78, 5) is 10.4. The Balaban J connectivity index is 2.58. The van der Waals surface area contributed by atoms with Crippen LogP contribution in [0.1, 0.15) is 5.56 Å². The third kappa shape index (κ3) is 2.28. The van der Waals surface area contributed by atoms with Crippen molar-refractivity contribution in [2.75, 3.05) is 0 Å². The molecule has 0 spiro atoms. The van der Waals surface area contributed by atoms with Gasteiger partial charge in [-0.3, -0.25) is 4.79 Å². The molecule has 1 rings (SSSR count). The molecule has 0 atom stereocenters. The maximum atomic E-state index is 10.4. The monoisotopic (exact) mass is 204 g/mol. The summed E-state index contributed by atoms with van der Waals surface area (Å²) in [6, 6.07) is 1.95. The molecule has 0 unspecified atom stereocenters. The molecule has 0 aromatic carbocycles. The fourth-order valence-electron chi connectivity index (χ4n) is 0.554. The largest absolute Gasteiger partial charge is 0.286 e. The van der Waals surface area contributed by atoms with Gasteiger partial charge in [-0.05, 0) is 38.3 Å². The predicted molar refractivity (Wildman–Crippen MR) is 42.0 cm³/mol. The van der Waals surface area contributed by atoms with Crippen LogP contribution in [0, 0.1) is 0 Å². The highest BCUT2D eigenvalue weighted by Gasteiger charge is 1.96. The van der Waals surface area contributed by atoms with E-state index in [9.17, 15) is 4.79 Å². The Labute approximate surface area is 65.8 Å². The molecule has 0 aliphatic rings. The molecule has 1 nitrogen and oxygen atoms in total. The summed E-state index contributed by atoms with van der Waals surface area (Å²) in [5.74, 6) is 0. The summed E-state index contributed by atoms with van der Waals surface area (Å²) in [7, 11) is 0. The van der Waals surface area contributed by atoms with E-state index in [2.05, 4.69) is 15.9 Å². The van der Waals surface area contributed by atoms with Crippen molar-refractivity contribution in [3.8, 4) is 0 Å². The quantitative estimate of drug-likeness (QED) is 0.676. The van der Waals surface area contributed by atoms with Gasteiger partial charge >= 0.3 is 0 Å². The van der Waals surface area contributed by atoms with Crippen molar-refractivity contribution in [3.05, 3.63) is 22.4 Å². The maximum Gasteiger partial charge on any atom is 0.202 e. The first-order valence-electron chi connectivity index (χ1n) is 2.48. The summed E-state index contributed by atoms with van der Waals surface area (Å²) in [5.41, 5.74) is 1.09. The topological polar surface area (TPSA) is 17.1 Å². The number of hydrogen-bond donors (Lipinski definition) is 0. The molecule has 0 saturated heterocycles. The second kappa shape index (κ2) is 3.13. The first-order chi connectivity index (χ1) is 4.29. The summed E-state index contributed by atoms with van der Waals surface area (Å²) in [5, 5.41) is 3.93. The molecular formula is C6H5BrOS. The van der Waals surface area contributed by atoms with Gasteiger partial charge in [-0.2, -0.15) is 11.3 Å². The molecule has 0 saturated carbocycles. The van der Waals surface area contributed by atoms with E-state index in [-0.39, 0.29) is 4.69 Å². The van der Waals surface area contributed by atoms with E-state index in [0.717, 1.165) is 5.56 Å². The molecule has 0 aliphatic carbocycles. The number of halogens is 1. The highest BCUT2D eigenvalue weighted by Crippen LogP contribution is 2.07. The van der Waals surface area contributed by atoms with Gasteiger partial charge in [0.1, 0.15) is 0 Å². The van der Waals surface area contributed by atoms with Crippen LogP contribution in [0.5, 0.6) is 0 Å². The third-order valence-corrected chi connectivity index (χ3v) is 1.94. The van der Waals surface area contributed by atoms with Crippen molar-refractivity contribution >= 4 is 32.0 Å². The van der Waals surface area contributed by atoms with Crippen LogP contribution in [0.2, 0.25) is 0 Å². The average Bonchev–Trinajstić information content (AvgIpc) is 2.15. The summed E-state index contributed by atoms with van der Waals surface area (Å²) < 4.78 is 0.0425. The van der Waals surface area contributed by atoms with E-state index >= 15 is 0 Å². The molecule has 0 amide bonds. The lowest BCUT2D eigenvalue weighted by Gasteiger charge is -1.84. The molecule has 1 heterocycles. The Kier molecular flexibility index (Phi) is 2.42. The van der Waals surface area contributed by atoms with Crippen molar-refractivity contribution in [1.82, 2.24) is 0 Å². The van der Waals surface area contributed by atoms with Crippen molar-refractivity contribution in [3.63, 3.8) is 0 Å². The Morgan fingerprint density at radius 2 is 2.56 bits per heavy atom. The molecule has 48 valence electrons. The smallest absolute Gasteiger partial charge is 0.202 e. The molecule has 3 heteroatoms. The highest BCUT2D eigenvalue weighted by atomic mass is 79.9. The van der Waals surface area contributed by atoms with Gasteiger partial charge in [0.2, 0.25) is 4.69 Å². The summed E-state index contributed by atoms with van der Waals surface area (Å²) in [6.07, 6.45) is 0.503. The van der Waals surface area contributed by atoms with Gasteiger partial charge in [-0.25, -0.2) is 0 Å². The third-order valence-electron chi connectivity index (χ3n) is 0.923. The van der Waals surface area contributed by atoms with Gasteiger partial charge in [0.15, 0.2) is 0 Å². The number of rotatable bonds is 2. The standard InChI is InChI=1S/C6H5BrOS/c7-6(8)3-5-1-2-9-4-5/h1-2,4H,3H2. The molecule has 0 bridgehead atoms. The van der Waals surface area contributed by atoms with Crippen LogP contribution in [-0.4, -0.2) is 4.69 Å². The molecular weight excluding hydrogens is 200 g/mol. The van der Waals surface area contributed by atoms with Gasteiger partial charge in [0, 0.05) is 6.42 Å². The maximum absolute atomic E-state index is 10.4. The van der Waals surface area contributed by atoms with Crippen LogP contribution in [0.4, 0.5) is 0 Å². The van der Waals surface area contributed by atoms with Gasteiger partial charge in [-0.15, -0.1) is 0 Å². The number of carbonyl (C=O) groups excluding carboxylic acids is 1. The van der Waals surface area contributed by atoms with Crippen LogP contribution >= 0.6 is 27.3 Å². The minimum Gasteiger partial charge on any atom is -0.286 e. The Hall–Kier alpha value is -0.150. The van der Waals surface area contributed by atoms with Crippen LogP contribution in [-0.2, 0) is 11.2 Å². The van der Waals surface area contributed by atoms with Crippen molar-refractivity contribution < 1.29 is 4.79 Å². The molecule has 0 aliphatic heterocycles. The first kappa shape index (κ1) is 6.96. The van der Waals surface area contributed by atoms with Gasteiger partial charge in [0.25, 0.3) is 0 Å². The van der Waals surface area contributed by atoms with E-state index in [1.165, 1.54) is 0 Å². The molecule has 1 aromatic heterocycles. The molecule has 0 N–H and O–H groups in total. The van der Waals surface area contributed by atoms with E-state index in [0.29, 0.717) is 6.42 Å². The van der Waals surface area contributed by atoms with Crippen LogP contribution in [0.3, 0.4) is 0 Å². The molecule has 1 aromatic rings. The van der Waals surface area contributed by atoms with Crippen LogP contribution in [0.25, 0.3) is 0 Å². The van der Waals surface area contributed by atoms with Gasteiger partial charge in [0.05, 0.1) is 0 Å². The highest BCUT2D eigenvalue weighted by molar-refractivity contribution is 9.18. The Morgan fingerprint density at radius 1 is 1.78 bits per heavy atom. The van der Waals surface area contributed by atoms with Gasteiger partial charge < -0.3 is 0 Å². The van der Waals surface area contributed by atoms with Crippen LogP contribution < -0.4 is 0 Å². The zero-order valence-corrected chi connectivity index (χ0v) is 7.04. The lowest BCUT2D eigenvalue weighted by Crippen LogP contribution is -1.88. The zero-order valence-electron chi connectivity index (χ0n) is 4.63. The number of thiophene rings is 1.